The summed E-state index contributed by atoms with van der Waals surface area (Å²) in [6, 6.07) is 28.3. The maximum Gasteiger partial charge on any atom is 0.408 e. The van der Waals surface area contributed by atoms with Gasteiger partial charge in [-0.15, -0.1) is 0 Å². The van der Waals surface area contributed by atoms with Crippen molar-refractivity contribution >= 4 is 58.1 Å². The number of benzene rings is 4. The van der Waals surface area contributed by atoms with Gasteiger partial charge in [0.15, 0.2) is 0 Å². The zero-order chi connectivity index (χ0) is 48.0. The first-order valence-electron chi connectivity index (χ1n) is 22.4. The van der Waals surface area contributed by atoms with Crippen LogP contribution in [0.3, 0.4) is 0 Å². The van der Waals surface area contributed by atoms with E-state index in [1.165, 1.54) is 9.80 Å². The minimum absolute atomic E-state index is 0.320. The molecule has 6 amide bonds. The zero-order valence-electron chi connectivity index (χ0n) is 38.5. The average molecular weight is 909 g/mol. The Kier molecular flexibility index (Phi) is 14.0. The molecule has 2 aliphatic heterocycles. The molecular formula is C51H56N8O8. The number of aromatic amines is 1. The molecule has 0 spiro atoms. The number of ether oxygens (including phenoxy) is 2. The Bertz CT molecular complexity index is 2680. The largest absolute Gasteiger partial charge is 0.444 e. The smallest absolute Gasteiger partial charge is 0.408 e. The highest BCUT2D eigenvalue weighted by molar-refractivity contribution is 6.02. The number of nitrogens with one attached hydrogen (secondary N) is 5. The van der Waals surface area contributed by atoms with Gasteiger partial charge >= 0.3 is 12.2 Å². The normalized spacial score (nSPS) is 16.9. The fourth-order valence-electron chi connectivity index (χ4n) is 8.43. The number of aromatic nitrogens is 1. The van der Waals surface area contributed by atoms with Crippen molar-refractivity contribution in [2.24, 2.45) is 0 Å². The Morgan fingerprint density at radius 1 is 0.642 bits per heavy atom. The fourth-order valence-corrected chi connectivity index (χ4v) is 8.43. The van der Waals surface area contributed by atoms with E-state index >= 15 is 0 Å². The van der Waals surface area contributed by atoms with Crippen molar-refractivity contribution in [1.82, 2.24) is 25.4 Å². The topological polar surface area (TPSA) is 215 Å². The Labute approximate surface area is 389 Å². The molecule has 2 saturated heterocycles. The van der Waals surface area contributed by atoms with E-state index in [9.17, 15) is 34.0 Å². The summed E-state index contributed by atoms with van der Waals surface area (Å²) in [6.07, 6.45) is 0.539. The van der Waals surface area contributed by atoms with Gasteiger partial charge in [-0.2, -0.15) is 5.26 Å². The second-order valence-corrected chi connectivity index (χ2v) is 18.7. The van der Waals surface area contributed by atoms with E-state index in [1.807, 2.05) is 6.07 Å². The summed E-state index contributed by atoms with van der Waals surface area (Å²) in [5.41, 5.74) is 2.65. The minimum Gasteiger partial charge on any atom is -0.444 e. The van der Waals surface area contributed by atoms with Crippen LogP contribution in [0.2, 0.25) is 0 Å². The summed E-state index contributed by atoms with van der Waals surface area (Å²) in [5, 5.41) is 22.3. The highest BCUT2D eigenvalue weighted by Gasteiger charge is 2.40. The Balaban J connectivity index is 1.03. The van der Waals surface area contributed by atoms with Gasteiger partial charge in [-0.1, -0.05) is 72.8 Å². The maximum atomic E-state index is 14.1. The molecule has 16 heteroatoms. The van der Waals surface area contributed by atoms with Crippen LogP contribution in [-0.4, -0.2) is 87.0 Å². The number of H-pyrrole nitrogens is 1. The highest BCUT2D eigenvalue weighted by atomic mass is 16.6. The molecule has 16 nitrogen and oxygen atoms in total. The number of anilines is 2. The first-order chi connectivity index (χ1) is 31.9. The molecule has 67 heavy (non-hydrogen) atoms. The van der Waals surface area contributed by atoms with Crippen molar-refractivity contribution in [2.75, 3.05) is 23.7 Å². The third-order valence-corrected chi connectivity index (χ3v) is 11.4. The lowest BCUT2D eigenvalue weighted by Gasteiger charge is -2.29. The Morgan fingerprint density at radius 2 is 1.09 bits per heavy atom. The highest BCUT2D eigenvalue weighted by Crippen LogP contribution is 2.34. The predicted octanol–water partition coefficient (Wildman–Crippen LogP) is 8.10. The van der Waals surface area contributed by atoms with Crippen molar-refractivity contribution in [3.63, 3.8) is 0 Å². The first-order valence-corrected chi connectivity index (χ1v) is 22.4. The van der Waals surface area contributed by atoms with Crippen LogP contribution in [0.4, 0.5) is 21.0 Å². The number of nitrogens with zero attached hydrogens (tertiary/aromatic N) is 3. The lowest BCUT2D eigenvalue weighted by molar-refractivity contribution is -0.138. The zero-order valence-corrected chi connectivity index (χ0v) is 38.5. The molecule has 5 N–H and O–H groups in total. The molecule has 0 aliphatic carbocycles. The number of rotatable bonds is 11. The van der Waals surface area contributed by atoms with Crippen LogP contribution < -0.4 is 21.3 Å². The molecule has 2 aliphatic rings. The van der Waals surface area contributed by atoms with Crippen molar-refractivity contribution in [1.29, 1.82) is 5.26 Å². The molecule has 1 aromatic heterocycles. The van der Waals surface area contributed by atoms with Crippen LogP contribution in [0.15, 0.2) is 103 Å². The van der Waals surface area contributed by atoms with E-state index in [-0.39, 0.29) is 5.91 Å². The van der Waals surface area contributed by atoms with Crippen LogP contribution >= 0.6 is 0 Å². The summed E-state index contributed by atoms with van der Waals surface area (Å²) in [4.78, 5) is 87.7. The number of hydrogen-bond acceptors (Lipinski definition) is 9. The van der Waals surface area contributed by atoms with E-state index in [0.29, 0.717) is 89.0 Å². The lowest BCUT2D eigenvalue weighted by Crippen LogP contribution is -2.49. The second kappa shape index (κ2) is 19.8. The van der Waals surface area contributed by atoms with Gasteiger partial charge in [-0.05, 0) is 114 Å². The van der Waals surface area contributed by atoms with Crippen LogP contribution in [0, 0.1) is 11.3 Å². The van der Waals surface area contributed by atoms with Gasteiger partial charge in [0.2, 0.25) is 11.8 Å². The molecule has 0 saturated carbocycles. The maximum absolute atomic E-state index is 14.1. The van der Waals surface area contributed by atoms with E-state index in [1.54, 1.807) is 139 Å². The van der Waals surface area contributed by atoms with Gasteiger partial charge in [0.1, 0.15) is 41.4 Å². The lowest BCUT2D eigenvalue weighted by atomic mass is 10.0. The standard InChI is InChI=1S/C51H56N8O8/c1-50(2,3)66-48(64)56-42(31-15-9-7-10-16-31)46(62)58-27-13-19-39(58)44(60)53-34-23-21-33(22-24-34)41-37(30-52)36-29-35(25-26-38(36)55-41)54-45(61)40-20-14-28-59(40)47(63)43(32-17-11-8-12-18-32)57-49(65)67-51(4,5)6/h7-12,15-18,21-26,29,39-40,42-43,55H,13-14,19-20,27-28H2,1-6H3,(H,53,60)(H,54,61)(H,56,64)(H,57,65)/t39-,40-,42+,43+/m0/s1. The van der Waals surface area contributed by atoms with Gasteiger partial charge < -0.3 is 45.5 Å². The molecule has 4 aromatic carbocycles. The van der Waals surface area contributed by atoms with Crippen molar-refractivity contribution in [2.45, 2.75) is 103 Å². The number of amides is 6. The number of likely N-dealkylation sites (tertiary alicyclic amines) is 2. The summed E-state index contributed by atoms with van der Waals surface area (Å²) in [7, 11) is 0. The minimum atomic E-state index is -1.08. The molecule has 0 unspecified atom stereocenters. The van der Waals surface area contributed by atoms with Gasteiger partial charge in [0.05, 0.1) is 11.3 Å². The number of carbonyl (C=O) groups is 6. The summed E-state index contributed by atoms with van der Waals surface area (Å²) in [5.74, 6) is -1.64. The predicted molar refractivity (Wildman–Crippen MR) is 252 cm³/mol. The molecule has 0 radical (unpaired) electrons. The third kappa shape index (κ3) is 11.4. The third-order valence-electron chi connectivity index (χ3n) is 11.4. The van der Waals surface area contributed by atoms with Crippen LogP contribution in [0.5, 0.6) is 0 Å². The number of carbonyl (C=O) groups excluding carboxylic acids is 6. The number of hydrogen-bond donors (Lipinski definition) is 5. The SMILES string of the molecule is CC(C)(C)OC(=O)N[C@@H](C(=O)N1CCC[C@H]1C(=O)Nc1ccc(-c2[nH]c3ccc(NC(=O)[C@@H]4CCCN4C(=O)[C@H](NC(=O)OC(C)(C)C)c4ccccc4)cc3c2C#N)cc1)c1ccccc1. The number of alkyl carbamates (subject to hydrolysis) is 2. The van der Waals surface area contributed by atoms with Crippen LogP contribution in [0.25, 0.3) is 22.2 Å². The van der Waals surface area contributed by atoms with Crippen molar-refractivity contribution in [3.8, 4) is 17.3 Å². The molecule has 2 fully saturated rings. The first kappa shape index (κ1) is 47.3. The van der Waals surface area contributed by atoms with Crippen molar-refractivity contribution < 1.29 is 38.2 Å². The quantitative estimate of drug-likeness (QED) is 0.0865. The van der Waals surface area contributed by atoms with E-state index in [2.05, 4.69) is 32.3 Å². The van der Waals surface area contributed by atoms with Crippen LogP contribution in [-0.2, 0) is 28.7 Å². The summed E-state index contributed by atoms with van der Waals surface area (Å²) >= 11 is 0. The average Bonchev–Trinajstić information content (AvgIpc) is 4.06. The Hall–Kier alpha value is -7.67. The van der Waals surface area contributed by atoms with Crippen LogP contribution in [0.1, 0.15) is 96.0 Å². The summed E-state index contributed by atoms with van der Waals surface area (Å²) < 4.78 is 10.9. The van der Waals surface area contributed by atoms with Gasteiger partial charge in [-0.3, -0.25) is 19.2 Å². The fraction of sp³-hybridized carbons (Fsp3) is 0.353. The molecule has 7 rings (SSSR count). The number of nitriles is 1. The molecule has 3 heterocycles. The second-order valence-electron chi connectivity index (χ2n) is 18.7. The van der Waals surface area contributed by atoms with Gasteiger partial charge in [0, 0.05) is 35.4 Å². The molecular weight excluding hydrogens is 853 g/mol. The summed E-state index contributed by atoms with van der Waals surface area (Å²) in [6.45, 7) is 11.1. The molecule has 4 atom stereocenters. The molecule has 348 valence electrons. The van der Waals surface area contributed by atoms with E-state index in [0.717, 1.165) is 0 Å². The molecule has 0 bridgehead atoms. The number of fused-ring (bicyclic) bond motifs is 1. The molecule has 5 aromatic rings. The Morgan fingerprint density at radius 3 is 1.54 bits per heavy atom. The van der Waals surface area contributed by atoms with E-state index < -0.39 is 65.3 Å². The van der Waals surface area contributed by atoms with E-state index in [4.69, 9.17) is 9.47 Å². The van der Waals surface area contributed by atoms with Crippen molar-refractivity contribution in [3.05, 3.63) is 120 Å². The van der Waals surface area contributed by atoms with Gasteiger partial charge in [0.25, 0.3) is 11.8 Å². The monoisotopic (exact) mass is 908 g/mol. The van der Waals surface area contributed by atoms with Gasteiger partial charge in [-0.25, -0.2) is 9.59 Å².